The lowest BCUT2D eigenvalue weighted by atomic mass is 9.88. The van der Waals surface area contributed by atoms with Gasteiger partial charge in [-0.3, -0.25) is 4.79 Å². The number of hydrogen-bond acceptors (Lipinski definition) is 3. The third kappa shape index (κ3) is 3.56. The highest BCUT2D eigenvalue weighted by atomic mass is 16.5. The van der Waals surface area contributed by atoms with Crippen molar-refractivity contribution < 1.29 is 9.53 Å². The maximum atomic E-state index is 12.1. The summed E-state index contributed by atoms with van der Waals surface area (Å²) in [5, 5.41) is 0. The second-order valence-corrected chi connectivity index (χ2v) is 7.76. The SMILES string of the molecule is CCCc1nc2ccccc2n1Cc1ccc(C2CCCC2C(=O)OC)cc1. The molecule has 0 N–H and O–H groups in total. The normalized spacial score (nSPS) is 19.2. The van der Waals surface area contributed by atoms with Gasteiger partial charge < -0.3 is 9.30 Å². The molecule has 4 rings (SSSR count). The van der Waals surface area contributed by atoms with Crippen molar-refractivity contribution in [3.8, 4) is 0 Å². The molecule has 0 amide bonds. The minimum Gasteiger partial charge on any atom is -0.469 e. The fourth-order valence-electron chi connectivity index (χ4n) is 4.56. The number of ether oxygens (including phenoxy) is 1. The Bertz CT molecular complexity index is 958. The van der Waals surface area contributed by atoms with Crippen LogP contribution in [0, 0.1) is 5.92 Å². The smallest absolute Gasteiger partial charge is 0.309 e. The number of esters is 1. The topological polar surface area (TPSA) is 44.1 Å². The first-order valence-corrected chi connectivity index (χ1v) is 10.3. The number of para-hydroxylation sites is 2. The van der Waals surface area contributed by atoms with Crippen molar-refractivity contribution >= 4 is 17.0 Å². The molecule has 2 unspecified atom stereocenters. The maximum Gasteiger partial charge on any atom is 0.309 e. The number of hydrogen-bond donors (Lipinski definition) is 0. The van der Waals surface area contributed by atoms with Crippen LogP contribution in [0.15, 0.2) is 48.5 Å². The van der Waals surface area contributed by atoms with E-state index in [1.807, 2.05) is 6.07 Å². The van der Waals surface area contributed by atoms with Crippen LogP contribution in [0.4, 0.5) is 0 Å². The molecule has 0 aliphatic heterocycles. The number of benzene rings is 2. The number of carbonyl (C=O) groups is 1. The Balaban J connectivity index is 1.58. The van der Waals surface area contributed by atoms with Gasteiger partial charge in [-0.05, 0) is 48.4 Å². The van der Waals surface area contributed by atoms with E-state index in [1.54, 1.807) is 0 Å². The number of fused-ring (bicyclic) bond motifs is 1. The number of aryl methyl sites for hydroxylation is 1. The van der Waals surface area contributed by atoms with Gasteiger partial charge in [0, 0.05) is 13.0 Å². The molecule has 146 valence electrons. The molecule has 28 heavy (non-hydrogen) atoms. The number of rotatable bonds is 6. The predicted octanol–water partition coefficient (Wildman–Crippen LogP) is 5.09. The number of imidazole rings is 1. The first kappa shape index (κ1) is 18.7. The van der Waals surface area contributed by atoms with Gasteiger partial charge >= 0.3 is 5.97 Å². The zero-order valence-electron chi connectivity index (χ0n) is 16.7. The summed E-state index contributed by atoms with van der Waals surface area (Å²) in [6.07, 6.45) is 5.15. The Morgan fingerprint density at radius 2 is 1.93 bits per heavy atom. The maximum absolute atomic E-state index is 12.1. The van der Waals surface area contributed by atoms with E-state index in [2.05, 4.69) is 54.0 Å². The molecule has 0 saturated heterocycles. The van der Waals surface area contributed by atoms with Crippen molar-refractivity contribution in [1.29, 1.82) is 0 Å². The number of methoxy groups -OCH3 is 1. The van der Waals surface area contributed by atoms with Crippen molar-refractivity contribution in [3.63, 3.8) is 0 Å². The fraction of sp³-hybridized carbons (Fsp3) is 0.417. The lowest BCUT2D eigenvalue weighted by Crippen LogP contribution is -2.19. The van der Waals surface area contributed by atoms with Crippen LogP contribution in [0.2, 0.25) is 0 Å². The molecule has 1 aliphatic carbocycles. The quantitative estimate of drug-likeness (QED) is 0.563. The Kier molecular flexibility index (Phi) is 5.47. The molecule has 3 aromatic rings. The van der Waals surface area contributed by atoms with E-state index < -0.39 is 0 Å². The second kappa shape index (κ2) is 8.17. The minimum absolute atomic E-state index is 0.00426. The molecule has 0 radical (unpaired) electrons. The van der Waals surface area contributed by atoms with Crippen molar-refractivity contribution in [3.05, 3.63) is 65.5 Å². The van der Waals surface area contributed by atoms with E-state index in [4.69, 9.17) is 9.72 Å². The molecule has 4 nitrogen and oxygen atoms in total. The predicted molar refractivity (Wildman–Crippen MR) is 111 cm³/mol. The van der Waals surface area contributed by atoms with E-state index in [9.17, 15) is 4.79 Å². The standard InChI is InChI=1S/C24H28N2O2/c1-3-7-23-25-21-10-4-5-11-22(21)26(23)16-17-12-14-18(15-13-17)19-8-6-9-20(19)24(27)28-2/h4-5,10-15,19-20H,3,6-9,16H2,1-2H3. The molecule has 0 spiro atoms. The number of nitrogens with zero attached hydrogens (tertiary/aromatic N) is 2. The molecular weight excluding hydrogens is 348 g/mol. The van der Waals surface area contributed by atoms with Crippen LogP contribution in [0.3, 0.4) is 0 Å². The molecular formula is C24H28N2O2. The highest BCUT2D eigenvalue weighted by Crippen LogP contribution is 2.40. The third-order valence-electron chi connectivity index (χ3n) is 5.98. The first-order valence-electron chi connectivity index (χ1n) is 10.3. The van der Waals surface area contributed by atoms with E-state index in [0.717, 1.165) is 50.0 Å². The van der Waals surface area contributed by atoms with Crippen LogP contribution in [0.5, 0.6) is 0 Å². The summed E-state index contributed by atoms with van der Waals surface area (Å²) in [6, 6.07) is 17.1. The summed E-state index contributed by atoms with van der Waals surface area (Å²) in [5.74, 6) is 1.37. The summed E-state index contributed by atoms with van der Waals surface area (Å²) >= 11 is 0. The summed E-state index contributed by atoms with van der Waals surface area (Å²) < 4.78 is 7.34. The van der Waals surface area contributed by atoms with Crippen LogP contribution in [0.25, 0.3) is 11.0 Å². The largest absolute Gasteiger partial charge is 0.469 e. The van der Waals surface area contributed by atoms with E-state index in [0.29, 0.717) is 0 Å². The van der Waals surface area contributed by atoms with Crippen molar-refractivity contribution in [2.45, 2.75) is 51.5 Å². The summed E-state index contributed by atoms with van der Waals surface area (Å²) in [4.78, 5) is 16.9. The Morgan fingerprint density at radius 3 is 2.68 bits per heavy atom. The van der Waals surface area contributed by atoms with Crippen LogP contribution in [-0.4, -0.2) is 22.6 Å². The second-order valence-electron chi connectivity index (χ2n) is 7.76. The summed E-state index contributed by atoms with van der Waals surface area (Å²) in [7, 11) is 1.49. The molecule has 1 fully saturated rings. The van der Waals surface area contributed by atoms with Gasteiger partial charge in [0.1, 0.15) is 5.82 Å². The summed E-state index contributed by atoms with van der Waals surface area (Å²) in [6.45, 7) is 3.01. The molecule has 2 atom stereocenters. The Labute approximate surface area is 166 Å². The average molecular weight is 377 g/mol. The van der Waals surface area contributed by atoms with Gasteiger partial charge in [-0.1, -0.05) is 49.7 Å². The highest BCUT2D eigenvalue weighted by Gasteiger charge is 2.34. The van der Waals surface area contributed by atoms with Gasteiger partial charge in [0.2, 0.25) is 0 Å². The zero-order chi connectivity index (χ0) is 19.5. The number of carbonyl (C=O) groups excluding carboxylic acids is 1. The zero-order valence-corrected chi connectivity index (χ0v) is 16.7. The Hall–Kier alpha value is -2.62. The summed E-state index contributed by atoms with van der Waals surface area (Å²) in [5.41, 5.74) is 4.77. The molecule has 0 bridgehead atoms. The van der Waals surface area contributed by atoms with E-state index in [-0.39, 0.29) is 17.8 Å². The van der Waals surface area contributed by atoms with Crippen molar-refractivity contribution in [2.24, 2.45) is 5.92 Å². The lowest BCUT2D eigenvalue weighted by molar-refractivity contribution is -0.145. The monoisotopic (exact) mass is 376 g/mol. The van der Waals surface area contributed by atoms with Crippen molar-refractivity contribution in [2.75, 3.05) is 7.11 Å². The van der Waals surface area contributed by atoms with Crippen LogP contribution < -0.4 is 0 Å². The van der Waals surface area contributed by atoms with Gasteiger partial charge in [-0.15, -0.1) is 0 Å². The fourth-order valence-corrected chi connectivity index (χ4v) is 4.56. The van der Waals surface area contributed by atoms with Gasteiger partial charge in [0.25, 0.3) is 0 Å². The molecule has 1 heterocycles. The molecule has 2 aromatic carbocycles. The van der Waals surface area contributed by atoms with Crippen LogP contribution in [-0.2, 0) is 22.5 Å². The molecule has 1 aromatic heterocycles. The molecule has 1 saturated carbocycles. The number of aromatic nitrogens is 2. The van der Waals surface area contributed by atoms with Crippen molar-refractivity contribution in [1.82, 2.24) is 9.55 Å². The lowest BCUT2D eigenvalue weighted by Gasteiger charge is -2.18. The van der Waals surface area contributed by atoms with Crippen LogP contribution >= 0.6 is 0 Å². The minimum atomic E-state index is -0.0688. The molecule has 1 aliphatic rings. The van der Waals surface area contributed by atoms with Gasteiger partial charge in [0.05, 0.1) is 24.1 Å². The van der Waals surface area contributed by atoms with Gasteiger partial charge in [-0.25, -0.2) is 4.98 Å². The first-order chi connectivity index (χ1) is 13.7. The van der Waals surface area contributed by atoms with Gasteiger partial charge in [0.15, 0.2) is 0 Å². The average Bonchev–Trinajstić information content (AvgIpc) is 3.34. The van der Waals surface area contributed by atoms with E-state index >= 15 is 0 Å². The van der Waals surface area contributed by atoms with Crippen LogP contribution in [0.1, 0.15) is 55.5 Å². The van der Waals surface area contributed by atoms with Gasteiger partial charge in [-0.2, -0.15) is 0 Å². The highest BCUT2D eigenvalue weighted by molar-refractivity contribution is 5.76. The van der Waals surface area contributed by atoms with E-state index in [1.165, 1.54) is 23.8 Å². The molecule has 4 heteroatoms. The Morgan fingerprint density at radius 1 is 1.14 bits per heavy atom. The third-order valence-corrected chi connectivity index (χ3v) is 5.98.